The molecule has 2 unspecified atom stereocenters. The fraction of sp³-hybridized carbons (Fsp3) is 0.727. The lowest BCUT2D eigenvalue weighted by Crippen LogP contribution is -2.63. The molecule has 0 bridgehead atoms. The standard InChI is InChI=1S/C22H35N3O/c1-6-7-11-25(17-13-21(2,3)24-22(4,5)14-17)20(26)19-12-18(19)16-9-8-10-23-15-16/h8-10,15,17-19,24H,6-7,11-14H2,1-5H3. The van der Waals surface area contributed by atoms with Gasteiger partial charge in [-0.15, -0.1) is 0 Å². The number of aromatic nitrogens is 1. The van der Waals surface area contributed by atoms with Crippen molar-refractivity contribution in [3.8, 4) is 0 Å². The van der Waals surface area contributed by atoms with E-state index in [0.717, 1.165) is 38.6 Å². The molecule has 1 aliphatic carbocycles. The SMILES string of the molecule is CCCCN(C(=O)C1CC1c1cccnc1)C1CC(C)(C)NC(C)(C)C1. The molecule has 4 heteroatoms. The zero-order valence-electron chi connectivity index (χ0n) is 17.1. The predicted octanol–water partition coefficient (Wildman–Crippen LogP) is 4.12. The molecular formula is C22H35N3O. The van der Waals surface area contributed by atoms with E-state index < -0.39 is 0 Å². The fourth-order valence-corrected chi connectivity index (χ4v) is 4.93. The number of rotatable bonds is 6. The summed E-state index contributed by atoms with van der Waals surface area (Å²) in [5.41, 5.74) is 1.33. The summed E-state index contributed by atoms with van der Waals surface area (Å²) in [5, 5.41) is 3.75. The molecule has 1 aromatic heterocycles. The summed E-state index contributed by atoms with van der Waals surface area (Å²) in [4.78, 5) is 19.9. The highest BCUT2D eigenvalue weighted by atomic mass is 16.2. The van der Waals surface area contributed by atoms with E-state index in [-0.39, 0.29) is 17.0 Å². The zero-order chi connectivity index (χ0) is 18.9. The lowest BCUT2D eigenvalue weighted by atomic mass is 9.78. The van der Waals surface area contributed by atoms with Crippen LogP contribution in [0.1, 0.15) is 78.2 Å². The summed E-state index contributed by atoms with van der Waals surface area (Å²) < 4.78 is 0. The van der Waals surface area contributed by atoms with Crippen LogP contribution in [0.15, 0.2) is 24.5 Å². The molecule has 1 amide bonds. The van der Waals surface area contributed by atoms with Gasteiger partial charge in [0.25, 0.3) is 0 Å². The minimum Gasteiger partial charge on any atom is -0.339 e. The van der Waals surface area contributed by atoms with E-state index in [1.54, 1.807) is 6.20 Å². The number of piperidine rings is 1. The van der Waals surface area contributed by atoms with Crippen molar-refractivity contribution in [1.82, 2.24) is 15.2 Å². The van der Waals surface area contributed by atoms with Crippen molar-refractivity contribution >= 4 is 5.91 Å². The molecule has 144 valence electrons. The Balaban J connectivity index is 1.75. The summed E-state index contributed by atoms with van der Waals surface area (Å²) in [6.45, 7) is 12.1. The van der Waals surface area contributed by atoms with Crippen molar-refractivity contribution in [2.24, 2.45) is 5.92 Å². The topological polar surface area (TPSA) is 45.2 Å². The Labute approximate surface area is 158 Å². The Kier molecular flexibility index (Phi) is 5.43. The normalized spacial score (nSPS) is 27.1. The molecule has 2 heterocycles. The number of amides is 1. The van der Waals surface area contributed by atoms with Gasteiger partial charge in [0.15, 0.2) is 0 Å². The number of nitrogens with zero attached hydrogens (tertiary/aromatic N) is 2. The Bertz CT molecular complexity index is 610. The van der Waals surface area contributed by atoms with E-state index >= 15 is 0 Å². The lowest BCUT2D eigenvalue weighted by molar-refractivity contribution is -0.137. The number of pyridine rings is 1. The van der Waals surface area contributed by atoms with E-state index in [4.69, 9.17) is 0 Å². The average molecular weight is 358 g/mol. The van der Waals surface area contributed by atoms with Gasteiger partial charge < -0.3 is 10.2 Å². The first-order chi connectivity index (χ1) is 12.2. The van der Waals surface area contributed by atoms with Gasteiger partial charge in [0.2, 0.25) is 5.91 Å². The van der Waals surface area contributed by atoms with Gasteiger partial charge in [-0.25, -0.2) is 0 Å². The highest BCUT2D eigenvalue weighted by Gasteiger charge is 2.49. The van der Waals surface area contributed by atoms with Crippen LogP contribution in [0.2, 0.25) is 0 Å². The van der Waals surface area contributed by atoms with Crippen LogP contribution >= 0.6 is 0 Å². The molecule has 26 heavy (non-hydrogen) atoms. The molecule has 0 aromatic carbocycles. The van der Waals surface area contributed by atoms with Crippen LogP contribution in [-0.2, 0) is 4.79 Å². The van der Waals surface area contributed by atoms with E-state index in [0.29, 0.717) is 17.9 Å². The second-order valence-electron chi connectivity index (χ2n) is 9.58. The van der Waals surface area contributed by atoms with Crippen LogP contribution in [0.5, 0.6) is 0 Å². The maximum absolute atomic E-state index is 13.4. The van der Waals surface area contributed by atoms with Crippen molar-refractivity contribution in [2.45, 2.75) is 89.8 Å². The monoisotopic (exact) mass is 357 g/mol. The van der Waals surface area contributed by atoms with Crippen molar-refractivity contribution < 1.29 is 4.79 Å². The lowest BCUT2D eigenvalue weighted by Gasteiger charge is -2.49. The van der Waals surface area contributed by atoms with Crippen molar-refractivity contribution in [1.29, 1.82) is 0 Å². The van der Waals surface area contributed by atoms with E-state index in [9.17, 15) is 4.79 Å². The molecule has 1 saturated carbocycles. The summed E-state index contributed by atoms with van der Waals surface area (Å²) in [6, 6.07) is 4.41. The number of nitrogens with one attached hydrogen (secondary N) is 1. The minimum atomic E-state index is 0.0590. The second-order valence-corrected chi connectivity index (χ2v) is 9.58. The Morgan fingerprint density at radius 1 is 1.27 bits per heavy atom. The predicted molar refractivity (Wildman–Crippen MR) is 106 cm³/mol. The molecule has 1 saturated heterocycles. The van der Waals surface area contributed by atoms with Crippen LogP contribution < -0.4 is 5.32 Å². The highest BCUT2D eigenvalue weighted by molar-refractivity contribution is 5.83. The molecule has 2 aliphatic rings. The number of carbonyl (C=O) groups is 1. The summed E-state index contributed by atoms with van der Waals surface area (Å²) in [7, 11) is 0. The molecule has 1 N–H and O–H groups in total. The van der Waals surface area contributed by atoms with Crippen molar-refractivity contribution in [3.05, 3.63) is 30.1 Å². The van der Waals surface area contributed by atoms with E-state index in [2.05, 4.69) is 55.9 Å². The van der Waals surface area contributed by atoms with Crippen LogP contribution in [0.25, 0.3) is 0 Å². The first-order valence-corrected chi connectivity index (χ1v) is 10.2. The smallest absolute Gasteiger partial charge is 0.226 e. The van der Waals surface area contributed by atoms with Gasteiger partial charge in [0.05, 0.1) is 0 Å². The van der Waals surface area contributed by atoms with Gasteiger partial charge in [-0.3, -0.25) is 9.78 Å². The number of hydrogen-bond acceptors (Lipinski definition) is 3. The third kappa shape index (κ3) is 4.46. The minimum absolute atomic E-state index is 0.0590. The quantitative estimate of drug-likeness (QED) is 0.833. The molecule has 0 spiro atoms. The molecule has 4 nitrogen and oxygen atoms in total. The first-order valence-electron chi connectivity index (χ1n) is 10.2. The van der Waals surface area contributed by atoms with Gasteiger partial charge >= 0.3 is 0 Å². The Morgan fingerprint density at radius 3 is 2.54 bits per heavy atom. The zero-order valence-corrected chi connectivity index (χ0v) is 17.1. The van der Waals surface area contributed by atoms with Gasteiger partial charge in [-0.05, 0) is 70.9 Å². The van der Waals surface area contributed by atoms with Crippen LogP contribution in [0.4, 0.5) is 0 Å². The Morgan fingerprint density at radius 2 is 1.96 bits per heavy atom. The van der Waals surface area contributed by atoms with Crippen LogP contribution in [0.3, 0.4) is 0 Å². The molecular weight excluding hydrogens is 322 g/mol. The molecule has 2 atom stereocenters. The molecule has 0 radical (unpaired) electrons. The van der Waals surface area contributed by atoms with Gasteiger partial charge in [0.1, 0.15) is 0 Å². The maximum atomic E-state index is 13.4. The molecule has 2 fully saturated rings. The van der Waals surface area contributed by atoms with Crippen LogP contribution in [0, 0.1) is 5.92 Å². The fourth-order valence-electron chi connectivity index (χ4n) is 4.93. The van der Waals surface area contributed by atoms with Crippen LogP contribution in [-0.4, -0.2) is 39.5 Å². The number of carbonyl (C=O) groups excluding carboxylic acids is 1. The van der Waals surface area contributed by atoms with Gasteiger partial charge in [-0.1, -0.05) is 19.4 Å². The summed E-state index contributed by atoms with van der Waals surface area (Å²) >= 11 is 0. The van der Waals surface area contributed by atoms with E-state index in [1.807, 2.05) is 12.3 Å². The second kappa shape index (κ2) is 7.30. The molecule has 1 aromatic rings. The maximum Gasteiger partial charge on any atom is 0.226 e. The van der Waals surface area contributed by atoms with Gasteiger partial charge in [0, 0.05) is 42.0 Å². The number of hydrogen-bond donors (Lipinski definition) is 1. The first kappa shape index (κ1) is 19.3. The Hall–Kier alpha value is -1.42. The highest BCUT2D eigenvalue weighted by Crippen LogP contribution is 2.49. The van der Waals surface area contributed by atoms with Crippen molar-refractivity contribution in [3.63, 3.8) is 0 Å². The average Bonchev–Trinajstić information content (AvgIpc) is 3.33. The number of unbranched alkanes of at least 4 members (excludes halogenated alkanes) is 1. The molecule has 3 rings (SSSR count). The largest absolute Gasteiger partial charge is 0.339 e. The summed E-state index contributed by atoms with van der Waals surface area (Å²) in [5.74, 6) is 0.881. The third-order valence-corrected chi connectivity index (χ3v) is 5.87. The third-order valence-electron chi connectivity index (χ3n) is 5.87. The van der Waals surface area contributed by atoms with E-state index in [1.165, 1.54) is 5.56 Å². The van der Waals surface area contributed by atoms with Gasteiger partial charge in [-0.2, -0.15) is 0 Å². The molecule has 1 aliphatic heterocycles. The summed E-state index contributed by atoms with van der Waals surface area (Å²) in [6.07, 6.45) is 8.96. The van der Waals surface area contributed by atoms with Crippen molar-refractivity contribution in [2.75, 3.05) is 6.54 Å².